The number of hydrogen-bond acceptors (Lipinski definition) is 16. The topological polar surface area (TPSA) is 391 Å². The van der Waals surface area contributed by atoms with Crippen LogP contribution in [0.25, 0.3) is 0 Å². The van der Waals surface area contributed by atoms with Crippen molar-refractivity contribution >= 4 is 90.3 Å². The molecule has 2 aliphatic heterocycles. The van der Waals surface area contributed by atoms with Crippen molar-refractivity contribution < 1.29 is 68.1 Å². The molecule has 12 atom stereocenters. The van der Waals surface area contributed by atoms with Crippen molar-refractivity contribution in [2.75, 3.05) is 24.6 Å². The number of phenols is 1. The van der Waals surface area contributed by atoms with Gasteiger partial charge in [0.1, 0.15) is 60.1 Å². The van der Waals surface area contributed by atoms with Gasteiger partial charge < -0.3 is 73.8 Å². The monoisotopic (exact) mass is 1200 g/mol. The quantitative estimate of drug-likeness (QED) is 0.0389. The van der Waals surface area contributed by atoms with E-state index in [1.165, 1.54) is 29.2 Å². The molecule has 2 heterocycles. The Morgan fingerprint density at radius 2 is 1.19 bits per heavy atom. The van der Waals surface area contributed by atoms with Crippen LogP contribution in [0, 0.1) is 11.8 Å². The summed E-state index contributed by atoms with van der Waals surface area (Å²) in [7, 11) is 0. The number of carbonyl (C=O) groups excluding carboxylic acids is 10. The molecule has 27 heteroatoms. The molecule has 458 valence electrons. The Kier molecular flexibility index (Phi) is 27.5. The number of rotatable bonds is 32. The summed E-state index contributed by atoms with van der Waals surface area (Å²) >= 11 is 8.07. The first-order valence-electron chi connectivity index (χ1n) is 28.0. The molecule has 0 aliphatic carbocycles. The number of aliphatic carboxylic acids is 1. The molecule has 0 unspecified atom stereocenters. The van der Waals surface area contributed by atoms with E-state index in [1.807, 2.05) is 13.8 Å². The number of carboxylic acids is 1. The SMILES string of the molecule is CCC[C@H](NC(=O)[C@@H](NC(=O)[C@@H]1C[C@@H](O)CN1C(=O)[C@@H]1CCCN1C(=O)[C@H](Cc1ccccc1)NC(=O)[C@H](Cc1ccc(O)cc1)NC(=O)[C@H](CCC(N)=O)NC(=O)[C@H](CC(C)C)NC(=O)[C@@H](N)CS)[C@@H](C)CC)C(=O)N[C@@H](CS)C(=O)O. The Bertz CT molecular complexity index is 2580. The maximum atomic E-state index is 15.1. The summed E-state index contributed by atoms with van der Waals surface area (Å²) in [6.07, 6.45) is -0.899. The number of likely N-dealkylation sites (tertiary alicyclic amines) is 2. The molecule has 14 N–H and O–H groups in total. The van der Waals surface area contributed by atoms with E-state index in [-0.39, 0.29) is 87.6 Å². The summed E-state index contributed by atoms with van der Waals surface area (Å²) in [6, 6.07) is 1.55. The predicted molar refractivity (Wildman–Crippen MR) is 312 cm³/mol. The third-order valence-corrected chi connectivity index (χ3v) is 15.3. The second-order valence-corrected chi connectivity index (χ2v) is 22.3. The molecule has 0 saturated carbocycles. The summed E-state index contributed by atoms with van der Waals surface area (Å²) in [5.41, 5.74) is 12.4. The molecule has 2 aromatic carbocycles. The first kappa shape index (κ1) is 68.5. The van der Waals surface area contributed by atoms with Gasteiger partial charge in [-0.05, 0) is 67.2 Å². The molecule has 0 bridgehead atoms. The minimum Gasteiger partial charge on any atom is -0.508 e. The third kappa shape index (κ3) is 20.7. The average molecular weight is 1200 g/mol. The van der Waals surface area contributed by atoms with E-state index in [2.05, 4.69) is 62.5 Å². The maximum Gasteiger partial charge on any atom is 0.327 e. The number of aliphatic hydroxyl groups excluding tert-OH is 1. The van der Waals surface area contributed by atoms with Crippen molar-refractivity contribution in [2.24, 2.45) is 23.3 Å². The van der Waals surface area contributed by atoms with Crippen LogP contribution in [-0.4, -0.2) is 181 Å². The first-order valence-corrected chi connectivity index (χ1v) is 29.3. The number of primary amides is 1. The van der Waals surface area contributed by atoms with Gasteiger partial charge in [0.05, 0.1) is 12.1 Å². The molecular formula is C56H83N11O14S2. The maximum absolute atomic E-state index is 15.1. The standard InChI is InChI=1S/C56H83N11O14S2/c1-6-12-37(48(72)64-42(29-83)56(80)81)60-53(77)46(31(5)7-2)65-52(76)44-26-35(69)27-67(44)55(79)43-15-11-22-66(43)54(78)41(25-32-13-9-8-10-14-32)63-51(75)40(24-33-16-18-34(68)19-17-33)62-49(73)38(20-21-45(58)70)59-50(74)39(23-30(3)4)61-47(71)36(57)28-82/h8-10,13-14,16-19,30-31,35-44,46,68-69,82-83H,6-7,11-12,15,20-29,57H2,1-5H3,(H2,58,70)(H,59,74)(H,60,77)(H,61,71)(H,62,73)(H,63,75)(H,64,72)(H,65,76)(H,80,81)/t31-,35+,36-,37-,38-,39-,40-,41-,42-,43-,44-,46-/m0/s1. The second kappa shape index (κ2) is 33.4. The molecule has 0 radical (unpaired) electrons. The highest BCUT2D eigenvalue weighted by Crippen LogP contribution is 2.27. The van der Waals surface area contributed by atoms with Crippen molar-refractivity contribution in [3.05, 3.63) is 65.7 Å². The Morgan fingerprint density at radius 3 is 1.77 bits per heavy atom. The van der Waals surface area contributed by atoms with E-state index in [0.717, 1.165) is 4.90 Å². The second-order valence-electron chi connectivity index (χ2n) is 21.6. The van der Waals surface area contributed by atoms with Crippen molar-refractivity contribution in [1.29, 1.82) is 0 Å². The molecule has 2 aromatic rings. The zero-order chi connectivity index (χ0) is 61.7. The van der Waals surface area contributed by atoms with Crippen LogP contribution < -0.4 is 48.7 Å². The van der Waals surface area contributed by atoms with Crippen LogP contribution in [0.4, 0.5) is 0 Å². The number of nitrogens with one attached hydrogen (secondary N) is 7. The van der Waals surface area contributed by atoms with E-state index in [1.54, 1.807) is 51.1 Å². The zero-order valence-electron chi connectivity index (χ0n) is 47.6. The third-order valence-electron chi connectivity index (χ3n) is 14.6. The van der Waals surface area contributed by atoms with Gasteiger partial charge in [0.15, 0.2) is 0 Å². The number of thiol groups is 2. The minimum atomic E-state index is -1.50. The van der Waals surface area contributed by atoms with Gasteiger partial charge in [-0.2, -0.15) is 25.3 Å². The molecule has 4 rings (SSSR count). The average Bonchev–Trinajstić information content (AvgIpc) is 3.65. The van der Waals surface area contributed by atoms with E-state index < -0.39 is 137 Å². The fraction of sp³-hybridized carbons (Fsp3) is 0.589. The Labute approximate surface area is 494 Å². The summed E-state index contributed by atoms with van der Waals surface area (Å²) in [4.78, 5) is 153. The van der Waals surface area contributed by atoms with Crippen LogP contribution in [0.5, 0.6) is 5.75 Å². The fourth-order valence-corrected chi connectivity index (χ4v) is 10.2. The largest absolute Gasteiger partial charge is 0.508 e. The van der Waals surface area contributed by atoms with E-state index in [0.29, 0.717) is 30.4 Å². The summed E-state index contributed by atoms with van der Waals surface area (Å²) in [5, 5.41) is 49.0. The number of phenolic OH excluding ortho intramolecular Hbond substituents is 1. The van der Waals surface area contributed by atoms with E-state index >= 15 is 4.79 Å². The fourth-order valence-electron chi connectivity index (χ4n) is 9.78. The highest BCUT2D eigenvalue weighted by atomic mass is 32.1. The number of hydrogen-bond donors (Lipinski definition) is 14. The van der Waals surface area contributed by atoms with Gasteiger partial charge in [0, 0.05) is 50.3 Å². The van der Waals surface area contributed by atoms with Gasteiger partial charge in [0.25, 0.3) is 0 Å². The minimum absolute atomic E-state index is 0.0241. The molecule has 10 amide bonds. The van der Waals surface area contributed by atoms with Crippen molar-refractivity contribution in [3.8, 4) is 5.75 Å². The Balaban J connectivity index is 1.64. The molecule has 83 heavy (non-hydrogen) atoms. The predicted octanol–water partition coefficient (Wildman–Crippen LogP) is -1.05. The van der Waals surface area contributed by atoms with Crippen LogP contribution in [-0.2, 0) is 65.6 Å². The Morgan fingerprint density at radius 1 is 0.651 bits per heavy atom. The van der Waals surface area contributed by atoms with E-state index in [9.17, 15) is 63.3 Å². The number of β-amino-alcohol motifs (C(OH)–C–C–N with tert-alkyl or cyclic N) is 1. The van der Waals surface area contributed by atoms with Gasteiger partial charge in [-0.3, -0.25) is 47.9 Å². The number of benzene rings is 2. The lowest BCUT2D eigenvalue weighted by Gasteiger charge is -2.34. The smallest absolute Gasteiger partial charge is 0.327 e. The number of nitrogens with zero attached hydrogens (tertiary/aromatic N) is 2. The molecule has 2 saturated heterocycles. The lowest BCUT2D eigenvalue weighted by Crippen LogP contribution is -2.61. The molecule has 2 aliphatic rings. The van der Waals surface area contributed by atoms with Crippen molar-refractivity contribution in [2.45, 2.75) is 172 Å². The number of amides is 10. The molecule has 0 aromatic heterocycles. The van der Waals surface area contributed by atoms with Crippen LogP contribution in [0.15, 0.2) is 54.6 Å². The summed E-state index contributed by atoms with van der Waals surface area (Å²) in [6.45, 7) is 8.60. The van der Waals surface area contributed by atoms with Gasteiger partial charge in [-0.25, -0.2) is 4.79 Å². The van der Waals surface area contributed by atoms with Crippen LogP contribution >= 0.6 is 25.3 Å². The Hall–Kier alpha value is -6.97. The van der Waals surface area contributed by atoms with Crippen LogP contribution in [0.3, 0.4) is 0 Å². The number of aliphatic hydroxyl groups is 1. The lowest BCUT2D eigenvalue weighted by molar-refractivity contribution is -0.148. The van der Waals surface area contributed by atoms with Gasteiger partial charge in [-0.15, -0.1) is 0 Å². The first-order chi connectivity index (χ1) is 39.3. The highest BCUT2D eigenvalue weighted by Gasteiger charge is 2.47. The van der Waals surface area contributed by atoms with Gasteiger partial charge in [-0.1, -0.05) is 89.9 Å². The van der Waals surface area contributed by atoms with Crippen molar-refractivity contribution in [1.82, 2.24) is 47.0 Å². The van der Waals surface area contributed by atoms with Crippen molar-refractivity contribution in [3.63, 3.8) is 0 Å². The number of carboxylic acid groups (broad SMARTS) is 1. The summed E-state index contributed by atoms with van der Waals surface area (Å²) in [5.74, 6) is -10.0. The van der Waals surface area contributed by atoms with Gasteiger partial charge >= 0.3 is 5.97 Å². The highest BCUT2D eigenvalue weighted by molar-refractivity contribution is 7.80. The normalized spacial score (nSPS) is 19.1. The van der Waals surface area contributed by atoms with Crippen LogP contribution in [0.1, 0.15) is 104 Å². The number of nitrogens with two attached hydrogens (primary N) is 2. The number of carbonyl (C=O) groups is 11. The molecule has 0 spiro atoms. The molecule has 2 fully saturated rings. The van der Waals surface area contributed by atoms with Gasteiger partial charge in [0.2, 0.25) is 59.1 Å². The number of aromatic hydroxyl groups is 1. The molecule has 25 nitrogen and oxygen atoms in total. The molecular weight excluding hydrogens is 1110 g/mol. The zero-order valence-corrected chi connectivity index (χ0v) is 49.4. The van der Waals surface area contributed by atoms with Crippen LogP contribution in [0.2, 0.25) is 0 Å². The lowest BCUT2D eigenvalue weighted by atomic mass is 9.97. The summed E-state index contributed by atoms with van der Waals surface area (Å²) < 4.78 is 0. The van der Waals surface area contributed by atoms with E-state index in [4.69, 9.17) is 11.5 Å².